The molecular formula is C31H23Cl2FN2O2S. The summed E-state index contributed by atoms with van der Waals surface area (Å²) in [5, 5.41) is 5.84. The van der Waals surface area contributed by atoms with E-state index in [4.69, 9.17) is 27.9 Å². The Morgan fingerprint density at radius 1 is 1.00 bits per heavy atom. The molecule has 0 aliphatic heterocycles. The zero-order valence-electron chi connectivity index (χ0n) is 20.9. The number of hydrogen-bond donors (Lipinski definition) is 1. The van der Waals surface area contributed by atoms with Crippen LogP contribution in [0.15, 0.2) is 90.6 Å². The molecule has 3 aromatic carbocycles. The van der Waals surface area contributed by atoms with Gasteiger partial charge in [-0.1, -0.05) is 41.4 Å². The molecule has 196 valence electrons. The highest BCUT2D eigenvalue weighted by Crippen LogP contribution is 2.43. The van der Waals surface area contributed by atoms with Crippen LogP contribution in [0, 0.1) is 12.7 Å². The van der Waals surface area contributed by atoms with Crippen LogP contribution in [-0.2, 0) is 13.2 Å². The highest BCUT2D eigenvalue weighted by atomic mass is 35.5. The third-order valence-corrected chi connectivity index (χ3v) is 7.74. The number of carbonyl (C=O) groups excluding carboxylic acids is 1. The Labute approximate surface area is 240 Å². The fourth-order valence-electron chi connectivity index (χ4n) is 4.21. The predicted octanol–water partition coefficient (Wildman–Crippen LogP) is 8.74. The second-order valence-corrected chi connectivity index (χ2v) is 10.7. The number of nitrogens with zero attached hydrogens (tertiary/aromatic N) is 1. The molecule has 1 N–H and O–H groups in total. The molecule has 0 saturated heterocycles. The van der Waals surface area contributed by atoms with Crippen molar-refractivity contribution in [3.63, 3.8) is 0 Å². The molecule has 5 rings (SSSR count). The largest absolute Gasteiger partial charge is 0.488 e. The second kappa shape index (κ2) is 12.0. The number of thiophene rings is 1. The fourth-order valence-corrected chi connectivity index (χ4v) is 5.60. The van der Waals surface area contributed by atoms with Crippen molar-refractivity contribution < 1.29 is 13.9 Å². The van der Waals surface area contributed by atoms with Gasteiger partial charge in [0.2, 0.25) is 0 Å². The number of rotatable bonds is 8. The molecule has 0 aliphatic carbocycles. The molecule has 5 aromatic rings. The number of nitrogens with one attached hydrogen (secondary N) is 1. The van der Waals surface area contributed by atoms with E-state index in [0.717, 1.165) is 32.7 Å². The molecule has 2 heterocycles. The van der Waals surface area contributed by atoms with Gasteiger partial charge in [0, 0.05) is 51.1 Å². The third kappa shape index (κ3) is 6.31. The number of ether oxygens (including phenoxy) is 1. The summed E-state index contributed by atoms with van der Waals surface area (Å²) in [6, 6.07) is 21.2. The lowest BCUT2D eigenvalue weighted by atomic mass is 9.97. The Morgan fingerprint density at radius 3 is 2.64 bits per heavy atom. The van der Waals surface area contributed by atoms with E-state index in [1.54, 1.807) is 35.9 Å². The van der Waals surface area contributed by atoms with Gasteiger partial charge in [0.05, 0.1) is 5.02 Å². The Kier molecular flexibility index (Phi) is 8.27. The number of pyridine rings is 1. The molecule has 2 aromatic heterocycles. The highest BCUT2D eigenvalue weighted by Gasteiger charge is 2.17. The first-order valence-electron chi connectivity index (χ1n) is 12.1. The van der Waals surface area contributed by atoms with Crippen molar-refractivity contribution >= 4 is 40.4 Å². The van der Waals surface area contributed by atoms with Crippen LogP contribution in [0.5, 0.6) is 5.75 Å². The van der Waals surface area contributed by atoms with Crippen LogP contribution in [0.2, 0.25) is 10.0 Å². The smallest absolute Gasteiger partial charge is 0.251 e. The van der Waals surface area contributed by atoms with Gasteiger partial charge in [-0.25, -0.2) is 4.39 Å². The van der Waals surface area contributed by atoms with Crippen LogP contribution < -0.4 is 10.1 Å². The minimum Gasteiger partial charge on any atom is -0.488 e. The molecule has 1 amide bonds. The predicted molar refractivity (Wildman–Crippen MR) is 156 cm³/mol. The van der Waals surface area contributed by atoms with Gasteiger partial charge in [0.1, 0.15) is 18.2 Å². The monoisotopic (exact) mass is 576 g/mol. The molecule has 0 unspecified atom stereocenters. The van der Waals surface area contributed by atoms with Crippen molar-refractivity contribution in [2.24, 2.45) is 0 Å². The van der Waals surface area contributed by atoms with Crippen LogP contribution in [0.25, 0.3) is 21.6 Å². The molecule has 0 aliphatic rings. The standard InChI is InChI=1S/C31H23Cl2FN2O2S/c1-19-13-21(31(37)36-17-20-3-2-11-35-16-20)5-8-25(19)30-26(10-12-39-30)27-14-23(32)6-9-29(27)38-18-22-4-7-24(34)15-28(22)33/h2-16H,17-18H2,1H3,(H,36,37). The summed E-state index contributed by atoms with van der Waals surface area (Å²) in [4.78, 5) is 17.9. The van der Waals surface area contributed by atoms with Gasteiger partial charge in [0.25, 0.3) is 5.91 Å². The van der Waals surface area contributed by atoms with Gasteiger partial charge in [-0.05, 0) is 83.6 Å². The number of aryl methyl sites for hydroxylation is 1. The molecule has 0 saturated carbocycles. The molecule has 4 nitrogen and oxygen atoms in total. The summed E-state index contributed by atoms with van der Waals surface area (Å²) in [6.45, 7) is 2.57. The first-order chi connectivity index (χ1) is 18.9. The van der Waals surface area contributed by atoms with Crippen LogP contribution >= 0.6 is 34.5 Å². The van der Waals surface area contributed by atoms with Gasteiger partial charge in [-0.15, -0.1) is 11.3 Å². The Hall–Kier alpha value is -3.71. The Morgan fingerprint density at radius 2 is 1.87 bits per heavy atom. The summed E-state index contributed by atoms with van der Waals surface area (Å²) in [5.74, 6) is 0.0830. The SMILES string of the molecule is Cc1cc(C(=O)NCc2cccnc2)ccc1-c1sccc1-c1cc(Cl)ccc1OCc1ccc(F)cc1Cl. The Balaban J connectivity index is 1.40. The minimum absolute atomic E-state index is 0.148. The molecule has 0 fully saturated rings. The van der Waals surface area contributed by atoms with Crippen molar-refractivity contribution in [3.05, 3.63) is 129 Å². The van der Waals surface area contributed by atoms with Crippen molar-refractivity contribution in [1.29, 1.82) is 0 Å². The summed E-state index contributed by atoms with van der Waals surface area (Å²) < 4.78 is 19.6. The highest BCUT2D eigenvalue weighted by molar-refractivity contribution is 7.14. The van der Waals surface area contributed by atoms with Crippen LogP contribution in [-0.4, -0.2) is 10.9 Å². The second-order valence-electron chi connectivity index (χ2n) is 8.90. The van der Waals surface area contributed by atoms with Crippen molar-refractivity contribution in [3.8, 4) is 27.3 Å². The minimum atomic E-state index is -0.397. The van der Waals surface area contributed by atoms with Gasteiger partial charge in [-0.3, -0.25) is 9.78 Å². The number of amides is 1. The van der Waals surface area contributed by atoms with Crippen molar-refractivity contribution in [2.75, 3.05) is 0 Å². The van der Waals surface area contributed by atoms with Crippen molar-refractivity contribution in [2.45, 2.75) is 20.1 Å². The number of carbonyl (C=O) groups is 1. The number of benzene rings is 3. The number of hydrogen-bond acceptors (Lipinski definition) is 4. The third-order valence-electron chi connectivity index (χ3n) is 6.20. The van der Waals surface area contributed by atoms with E-state index in [0.29, 0.717) is 33.5 Å². The normalized spacial score (nSPS) is 10.9. The van der Waals surface area contributed by atoms with Crippen LogP contribution in [0.4, 0.5) is 4.39 Å². The Bertz CT molecular complexity index is 1640. The van der Waals surface area contributed by atoms with E-state index >= 15 is 0 Å². The lowest BCUT2D eigenvalue weighted by Crippen LogP contribution is -2.22. The lowest BCUT2D eigenvalue weighted by Gasteiger charge is -2.15. The first kappa shape index (κ1) is 26.9. The molecule has 0 spiro atoms. The summed E-state index contributed by atoms with van der Waals surface area (Å²) in [5.41, 5.74) is 5.96. The zero-order chi connectivity index (χ0) is 27.4. The molecule has 8 heteroatoms. The molecule has 0 bridgehead atoms. The van der Waals surface area contributed by atoms with Gasteiger partial charge >= 0.3 is 0 Å². The molecule has 0 atom stereocenters. The first-order valence-corrected chi connectivity index (χ1v) is 13.7. The number of halogens is 3. The van der Waals surface area contributed by atoms with Gasteiger partial charge in [0.15, 0.2) is 0 Å². The van der Waals surface area contributed by atoms with Crippen LogP contribution in [0.3, 0.4) is 0 Å². The fraction of sp³-hybridized carbons (Fsp3) is 0.0968. The van der Waals surface area contributed by atoms with Gasteiger partial charge < -0.3 is 10.1 Å². The average molecular weight is 578 g/mol. The van der Waals surface area contributed by atoms with E-state index in [9.17, 15) is 9.18 Å². The maximum absolute atomic E-state index is 13.5. The van der Waals surface area contributed by atoms with E-state index in [1.807, 2.05) is 60.8 Å². The quantitative estimate of drug-likeness (QED) is 0.201. The summed E-state index contributed by atoms with van der Waals surface area (Å²) in [6.07, 6.45) is 3.43. The summed E-state index contributed by atoms with van der Waals surface area (Å²) >= 11 is 14.2. The van der Waals surface area contributed by atoms with Crippen molar-refractivity contribution in [1.82, 2.24) is 10.3 Å². The van der Waals surface area contributed by atoms with Gasteiger partial charge in [-0.2, -0.15) is 0 Å². The summed E-state index contributed by atoms with van der Waals surface area (Å²) in [7, 11) is 0. The molecule has 0 radical (unpaired) electrons. The van der Waals surface area contributed by atoms with E-state index in [1.165, 1.54) is 12.1 Å². The average Bonchev–Trinajstić information content (AvgIpc) is 3.42. The number of aromatic nitrogens is 1. The van der Waals surface area contributed by atoms with Crippen LogP contribution in [0.1, 0.15) is 27.0 Å². The molecule has 39 heavy (non-hydrogen) atoms. The molecular weight excluding hydrogens is 554 g/mol. The topological polar surface area (TPSA) is 51.2 Å². The maximum atomic E-state index is 13.5. The van der Waals surface area contributed by atoms with E-state index < -0.39 is 5.82 Å². The maximum Gasteiger partial charge on any atom is 0.251 e. The van der Waals surface area contributed by atoms with E-state index in [-0.39, 0.29) is 12.5 Å². The lowest BCUT2D eigenvalue weighted by molar-refractivity contribution is 0.0951. The zero-order valence-corrected chi connectivity index (χ0v) is 23.2. The van der Waals surface area contributed by atoms with E-state index in [2.05, 4.69) is 10.3 Å².